The molecule has 1 saturated carbocycles. The van der Waals surface area contributed by atoms with Crippen LogP contribution in [0.25, 0.3) is 0 Å². The van der Waals surface area contributed by atoms with E-state index in [4.69, 9.17) is 5.73 Å². The zero-order chi connectivity index (χ0) is 14.0. The van der Waals surface area contributed by atoms with Crippen molar-refractivity contribution < 1.29 is 4.39 Å². The van der Waals surface area contributed by atoms with E-state index < -0.39 is 0 Å². The number of rotatable bonds is 3. The fourth-order valence-corrected chi connectivity index (χ4v) is 3.23. The molecule has 1 fully saturated rings. The molecule has 1 aliphatic rings. The monoisotopic (exact) mass is 264 g/mol. The number of halogens is 1. The van der Waals surface area contributed by atoms with Gasteiger partial charge in [0.1, 0.15) is 5.82 Å². The lowest BCUT2D eigenvalue weighted by molar-refractivity contribution is 0.336. The van der Waals surface area contributed by atoms with Crippen molar-refractivity contribution in [2.75, 3.05) is 11.9 Å². The first-order chi connectivity index (χ1) is 9.00. The van der Waals surface area contributed by atoms with E-state index in [0.29, 0.717) is 11.6 Å². The first kappa shape index (κ1) is 14.3. The third kappa shape index (κ3) is 3.08. The number of hydrogen-bond donors (Lipinski definition) is 1. The molecule has 0 spiro atoms. The molecule has 0 amide bonds. The average Bonchev–Trinajstić information content (AvgIpc) is 2.37. The molecule has 0 bridgehead atoms. The van der Waals surface area contributed by atoms with E-state index in [0.717, 1.165) is 11.6 Å². The summed E-state index contributed by atoms with van der Waals surface area (Å²) in [5.41, 5.74) is 7.54. The highest BCUT2D eigenvalue weighted by molar-refractivity contribution is 5.55. The van der Waals surface area contributed by atoms with E-state index in [9.17, 15) is 4.39 Å². The van der Waals surface area contributed by atoms with Gasteiger partial charge in [0, 0.05) is 30.4 Å². The molecular formula is C16H25FN2. The third-order valence-corrected chi connectivity index (χ3v) is 4.32. The first-order valence-corrected chi connectivity index (χ1v) is 7.27. The zero-order valence-corrected chi connectivity index (χ0v) is 12.2. The van der Waals surface area contributed by atoms with Crippen molar-refractivity contribution >= 4 is 5.69 Å². The van der Waals surface area contributed by atoms with Crippen molar-refractivity contribution in [1.82, 2.24) is 0 Å². The van der Waals surface area contributed by atoms with Crippen LogP contribution in [0.1, 0.15) is 51.1 Å². The second-order valence-corrected chi connectivity index (χ2v) is 6.00. The maximum Gasteiger partial charge on any atom is 0.130 e. The van der Waals surface area contributed by atoms with E-state index in [1.165, 1.54) is 31.7 Å². The summed E-state index contributed by atoms with van der Waals surface area (Å²) >= 11 is 0. The third-order valence-electron chi connectivity index (χ3n) is 4.32. The molecular weight excluding hydrogens is 239 g/mol. The number of nitrogens with two attached hydrogens (primary N) is 1. The molecule has 0 aliphatic heterocycles. The SMILES string of the molecule is CC1CCCC(N(C)c2cccc(F)c2[C@H](C)N)C1. The van der Waals surface area contributed by atoms with Gasteiger partial charge < -0.3 is 10.6 Å². The molecule has 3 atom stereocenters. The van der Waals surface area contributed by atoms with Gasteiger partial charge in [-0.1, -0.05) is 25.8 Å². The summed E-state index contributed by atoms with van der Waals surface area (Å²) in [4.78, 5) is 2.23. The Labute approximate surface area is 115 Å². The van der Waals surface area contributed by atoms with Gasteiger partial charge in [-0.15, -0.1) is 0 Å². The Morgan fingerprint density at radius 2 is 2.11 bits per heavy atom. The highest BCUT2D eigenvalue weighted by atomic mass is 19.1. The van der Waals surface area contributed by atoms with Gasteiger partial charge in [0.2, 0.25) is 0 Å². The summed E-state index contributed by atoms with van der Waals surface area (Å²) < 4.78 is 14.0. The minimum Gasteiger partial charge on any atom is -0.371 e. The van der Waals surface area contributed by atoms with Crippen LogP contribution in [0, 0.1) is 11.7 Å². The van der Waals surface area contributed by atoms with Crippen molar-refractivity contribution in [2.24, 2.45) is 11.7 Å². The van der Waals surface area contributed by atoms with E-state index in [1.54, 1.807) is 6.07 Å². The molecule has 2 nitrogen and oxygen atoms in total. The summed E-state index contributed by atoms with van der Waals surface area (Å²) in [5, 5.41) is 0. The normalized spacial score (nSPS) is 25.1. The van der Waals surface area contributed by atoms with Gasteiger partial charge in [0.05, 0.1) is 0 Å². The van der Waals surface area contributed by atoms with Crippen molar-refractivity contribution in [3.63, 3.8) is 0 Å². The van der Waals surface area contributed by atoms with Crippen molar-refractivity contribution in [1.29, 1.82) is 0 Å². The van der Waals surface area contributed by atoms with Crippen LogP contribution in [0.4, 0.5) is 10.1 Å². The van der Waals surface area contributed by atoms with E-state index in [1.807, 2.05) is 13.0 Å². The van der Waals surface area contributed by atoms with E-state index >= 15 is 0 Å². The Morgan fingerprint density at radius 1 is 1.37 bits per heavy atom. The first-order valence-electron chi connectivity index (χ1n) is 7.27. The van der Waals surface area contributed by atoms with Crippen LogP contribution in [0.5, 0.6) is 0 Å². The number of nitrogens with zero attached hydrogens (tertiary/aromatic N) is 1. The Bertz CT molecular complexity index is 431. The van der Waals surface area contributed by atoms with E-state index in [-0.39, 0.29) is 11.9 Å². The summed E-state index contributed by atoms with van der Waals surface area (Å²) in [7, 11) is 2.07. The lowest BCUT2D eigenvalue weighted by atomic mass is 9.86. The average molecular weight is 264 g/mol. The topological polar surface area (TPSA) is 29.3 Å². The zero-order valence-electron chi connectivity index (χ0n) is 12.2. The summed E-state index contributed by atoms with van der Waals surface area (Å²) in [6, 6.07) is 5.49. The molecule has 0 saturated heterocycles. The predicted molar refractivity (Wildman–Crippen MR) is 78.8 cm³/mol. The van der Waals surface area contributed by atoms with Crippen LogP contribution in [-0.4, -0.2) is 13.1 Å². The minimum absolute atomic E-state index is 0.191. The minimum atomic E-state index is -0.278. The van der Waals surface area contributed by atoms with Crippen molar-refractivity contribution in [3.05, 3.63) is 29.6 Å². The van der Waals surface area contributed by atoms with Gasteiger partial charge in [-0.25, -0.2) is 4.39 Å². The van der Waals surface area contributed by atoms with Gasteiger partial charge in [0.25, 0.3) is 0 Å². The molecule has 3 heteroatoms. The second kappa shape index (κ2) is 5.91. The highest BCUT2D eigenvalue weighted by Crippen LogP contribution is 2.33. The lowest BCUT2D eigenvalue weighted by Crippen LogP contribution is -2.36. The largest absolute Gasteiger partial charge is 0.371 e. The van der Waals surface area contributed by atoms with Gasteiger partial charge in [0.15, 0.2) is 0 Å². The van der Waals surface area contributed by atoms with E-state index in [2.05, 4.69) is 18.9 Å². The molecule has 0 radical (unpaired) electrons. The fourth-order valence-electron chi connectivity index (χ4n) is 3.23. The Kier molecular flexibility index (Phi) is 4.46. The maximum atomic E-state index is 14.0. The summed E-state index contributed by atoms with van der Waals surface area (Å²) in [5.74, 6) is 0.566. The predicted octanol–water partition coefficient (Wildman–Crippen LogP) is 3.86. The number of anilines is 1. The van der Waals surface area contributed by atoms with Crippen LogP contribution >= 0.6 is 0 Å². The molecule has 106 valence electrons. The number of benzene rings is 1. The lowest BCUT2D eigenvalue weighted by Gasteiger charge is -2.37. The van der Waals surface area contributed by atoms with Gasteiger partial charge in [-0.2, -0.15) is 0 Å². The van der Waals surface area contributed by atoms with Crippen LogP contribution in [0.15, 0.2) is 18.2 Å². The summed E-state index contributed by atoms with van der Waals surface area (Å²) in [6.45, 7) is 4.15. The Hall–Kier alpha value is -1.09. The van der Waals surface area contributed by atoms with Crippen molar-refractivity contribution in [2.45, 2.75) is 51.6 Å². The maximum absolute atomic E-state index is 14.0. The molecule has 2 unspecified atom stereocenters. The quantitative estimate of drug-likeness (QED) is 0.898. The van der Waals surface area contributed by atoms with Crippen LogP contribution in [0.2, 0.25) is 0 Å². The molecule has 19 heavy (non-hydrogen) atoms. The fraction of sp³-hybridized carbons (Fsp3) is 0.625. The van der Waals surface area contributed by atoms with Crippen LogP contribution < -0.4 is 10.6 Å². The van der Waals surface area contributed by atoms with Gasteiger partial charge in [-0.3, -0.25) is 0 Å². The van der Waals surface area contributed by atoms with Crippen molar-refractivity contribution in [3.8, 4) is 0 Å². The molecule has 2 rings (SSSR count). The van der Waals surface area contributed by atoms with Gasteiger partial charge in [-0.05, 0) is 37.8 Å². The Balaban J connectivity index is 2.28. The molecule has 1 aliphatic carbocycles. The van der Waals surface area contributed by atoms with Crippen LogP contribution in [-0.2, 0) is 0 Å². The molecule has 0 aromatic heterocycles. The standard InChI is InChI=1S/C16H25FN2/c1-11-6-4-7-13(10-11)19(3)15-9-5-8-14(17)16(15)12(2)18/h5,8-9,11-13H,4,6-7,10,18H2,1-3H3/t11?,12-,13?/m0/s1. The smallest absolute Gasteiger partial charge is 0.130 e. The summed E-state index contributed by atoms with van der Waals surface area (Å²) in [6.07, 6.45) is 4.95. The Morgan fingerprint density at radius 3 is 2.74 bits per heavy atom. The molecule has 1 aromatic carbocycles. The molecule has 2 N–H and O–H groups in total. The highest BCUT2D eigenvalue weighted by Gasteiger charge is 2.25. The molecule has 0 heterocycles. The van der Waals surface area contributed by atoms with Crippen LogP contribution in [0.3, 0.4) is 0 Å². The number of hydrogen-bond acceptors (Lipinski definition) is 2. The van der Waals surface area contributed by atoms with Gasteiger partial charge >= 0.3 is 0 Å². The second-order valence-electron chi connectivity index (χ2n) is 6.00. The molecule has 1 aromatic rings.